The van der Waals surface area contributed by atoms with Crippen LogP contribution in [0.25, 0.3) is 0 Å². The smallest absolute Gasteiger partial charge is 0.256 e. The Morgan fingerprint density at radius 3 is 2.28 bits per heavy atom. The van der Waals surface area contributed by atoms with E-state index in [-0.39, 0.29) is 5.91 Å². The molecule has 25 heavy (non-hydrogen) atoms. The van der Waals surface area contributed by atoms with Crippen LogP contribution in [0, 0.1) is 20.8 Å². The number of hydrogen-bond acceptors (Lipinski definition) is 3. The highest BCUT2D eigenvalue weighted by Crippen LogP contribution is 2.27. The average Bonchev–Trinajstić information content (AvgIpc) is 2.93. The lowest BCUT2D eigenvalue weighted by Crippen LogP contribution is -2.15. The lowest BCUT2D eigenvalue weighted by atomic mass is 9.99. The first-order chi connectivity index (χ1) is 11.9. The summed E-state index contributed by atoms with van der Waals surface area (Å²) in [5.41, 5.74) is 4.70. The van der Waals surface area contributed by atoms with Crippen molar-refractivity contribution in [3.63, 3.8) is 0 Å². The van der Waals surface area contributed by atoms with Crippen molar-refractivity contribution in [3.8, 4) is 0 Å². The lowest BCUT2D eigenvalue weighted by Gasteiger charge is -2.12. The van der Waals surface area contributed by atoms with Gasteiger partial charge in [-0.1, -0.05) is 29.5 Å². The molecule has 1 amide bonds. The highest BCUT2D eigenvalue weighted by molar-refractivity contribution is 7.99. The molecular weight excluding hydrogens is 330 g/mol. The minimum atomic E-state index is -0.0699. The van der Waals surface area contributed by atoms with Gasteiger partial charge in [-0.3, -0.25) is 4.79 Å². The Bertz CT molecular complexity index is 890. The maximum absolute atomic E-state index is 12.6. The first-order valence-corrected chi connectivity index (χ1v) is 8.90. The zero-order chi connectivity index (χ0) is 18.0. The van der Waals surface area contributed by atoms with E-state index in [0.29, 0.717) is 0 Å². The normalized spacial score (nSPS) is 10.7. The van der Waals surface area contributed by atoms with E-state index in [4.69, 9.17) is 0 Å². The van der Waals surface area contributed by atoms with E-state index in [1.165, 1.54) is 5.56 Å². The monoisotopic (exact) mass is 351 g/mol. The van der Waals surface area contributed by atoms with Crippen LogP contribution in [-0.2, 0) is 7.05 Å². The van der Waals surface area contributed by atoms with Crippen LogP contribution in [0.15, 0.2) is 58.8 Å². The Labute approximate surface area is 152 Å². The van der Waals surface area contributed by atoms with Crippen molar-refractivity contribution in [2.24, 2.45) is 7.05 Å². The van der Waals surface area contributed by atoms with E-state index in [1.54, 1.807) is 18.0 Å². The van der Waals surface area contributed by atoms with Gasteiger partial charge in [0, 0.05) is 35.6 Å². The molecule has 0 unspecified atom stereocenters. The highest BCUT2D eigenvalue weighted by atomic mass is 32.2. The SMILES string of the molecule is Cc1cc(C)c(C(=O)Nc2ccc(Sc3nccn3C)cc2)c(C)c1. The Kier molecular flexibility index (Phi) is 4.95. The van der Waals surface area contributed by atoms with E-state index in [9.17, 15) is 4.79 Å². The van der Waals surface area contributed by atoms with Crippen LogP contribution in [0.4, 0.5) is 5.69 Å². The molecule has 0 bridgehead atoms. The van der Waals surface area contributed by atoms with E-state index in [1.807, 2.05) is 75.0 Å². The second kappa shape index (κ2) is 7.15. The molecule has 0 saturated carbocycles. The molecule has 0 atom stereocenters. The molecule has 5 heteroatoms. The number of nitrogens with zero attached hydrogens (tertiary/aromatic N) is 2. The third kappa shape index (κ3) is 3.94. The average molecular weight is 351 g/mol. The van der Waals surface area contributed by atoms with Crippen LogP contribution < -0.4 is 5.32 Å². The molecule has 1 aromatic heterocycles. The Morgan fingerprint density at radius 2 is 1.72 bits per heavy atom. The largest absolute Gasteiger partial charge is 0.329 e. The molecule has 0 aliphatic heterocycles. The number of benzene rings is 2. The van der Waals surface area contributed by atoms with Gasteiger partial charge in [0.1, 0.15) is 0 Å². The highest BCUT2D eigenvalue weighted by Gasteiger charge is 2.13. The number of aromatic nitrogens is 2. The predicted molar refractivity (Wildman–Crippen MR) is 102 cm³/mol. The minimum absolute atomic E-state index is 0.0699. The topological polar surface area (TPSA) is 46.9 Å². The maximum Gasteiger partial charge on any atom is 0.256 e. The number of aryl methyl sites for hydroxylation is 4. The standard InChI is InChI=1S/C20H21N3OS/c1-13-11-14(2)18(15(3)12-13)19(24)22-16-5-7-17(8-6-16)25-20-21-9-10-23(20)4/h5-12H,1-4H3,(H,22,24). The molecule has 2 aromatic carbocycles. The zero-order valence-electron chi connectivity index (χ0n) is 14.8. The van der Waals surface area contributed by atoms with E-state index in [2.05, 4.69) is 10.3 Å². The summed E-state index contributed by atoms with van der Waals surface area (Å²) in [5.74, 6) is -0.0699. The molecule has 1 N–H and O–H groups in total. The molecule has 3 rings (SSSR count). The van der Waals surface area contributed by atoms with Gasteiger partial charge in [0.15, 0.2) is 5.16 Å². The Morgan fingerprint density at radius 1 is 1.08 bits per heavy atom. The van der Waals surface area contributed by atoms with Gasteiger partial charge in [-0.25, -0.2) is 4.98 Å². The molecule has 128 valence electrons. The molecule has 0 radical (unpaired) electrons. The molecule has 0 aliphatic rings. The van der Waals surface area contributed by atoms with Crippen LogP contribution in [0.3, 0.4) is 0 Å². The van der Waals surface area contributed by atoms with Crippen molar-refractivity contribution in [2.75, 3.05) is 5.32 Å². The van der Waals surface area contributed by atoms with Crippen LogP contribution in [0.1, 0.15) is 27.0 Å². The van der Waals surface area contributed by atoms with Crippen molar-refractivity contribution in [1.29, 1.82) is 0 Å². The van der Waals surface area contributed by atoms with Gasteiger partial charge in [0.2, 0.25) is 0 Å². The summed E-state index contributed by atoms with van der Waals surface area (Å²) in [6.07, 6.45) is 3.70. The van der Waals surface area contributed by atoms with Gasteiger partial charge in [-0.2, -0.15) is 0 Å². The fraction of sp³-hybridized carbons (Fsp3) is 0.200. The molecular formula is C20H21N3OS. The van der Waals surface area contributed by atoms with Gasteiger partial charge < -0.3 is 9.88 Å². The fourth-order valence-electron chi connectivity index (χ4n) is 2.89. The summed E-state index contributed by atoms with van der Waals surface area (Å²) >= 11 is 1.59. The summed E-state index contributed by atoms with van der Waals surface area (Å²) in [5, 5.41) is 3.92. The van der Waals surface area contributed by atoms with Crippen LogP contribution >= 0.6 is 11.8 Å². The number of imidazole rings is 1. The number of hydrogen-bond donors (Lipinski definition) is 1. The lowest BCUT2D eigenvalue weighted by molar-refractivity contribution is 0.102. The Hall–Kier alpha value is -2.53. The number of amides is 1. The van der Waals surface area contributed by atoms with Crippen molar-refractivity contribution in [1.82, 2.24) is 9.55 Å². The van der Waals surface area contributed by atoms with E-state index < -0.39 is 0 Å². The van der Waals surface area contributed by atoms with Crippen LogP contribution in [-0.4, -0.2) is 15.5 Å². The number of carbonyl (C=O) groups excluding carboxylic acids is 1. The second-order valence-corrected chi connectivity index (χ2v) is 7.22. The van der Waals surface area contributed by atoms with Gasteiger partial charge >= 0.3 is 0 Å². The first kappa shape index (κ1) is 17.3. The summed E-state index contributed by atoms with van der Waals surface area (Å²) in [4.78, 5) is 18.0. The van der Waals surface area contributed by atoms with Crippen LogP contribution in [0.5, 0.6) is 0 Å². The quantitative estimate of drug-likeness (QED) is 0.738. The maximum atomic E-state index is 12.6. The fourth-order valence-corrected chi connectivity index (χ4v) is 3.70. The summed E-state index contributed by atoms with van der Waals surface area (Å²) < 4.78 is 1.98. The third-order valence-corrected chi connectivity index (χ3v) is 5.09. The van der Waals surface area contributed by atoms with Crippen LogP contribution in [0.2, 0.25) is 0 Å². The van der Waals surface area contributed by atoms with Gasteiger partial charge in [0.25, 0.3) is 5.91 Å². The van der Waals surface area contributed by atoms with E-state index >= 15 is 0 Å². The number of anilines is 1. The van der Waals surface area contributed by atoms with E-state index in [0.717, 1.165) is 32.4 Å². The number of nitrogens with one attached hydrogen (secondary N) is 1. The van der Waals surface area contributed by atoms with Gasteiger partial charge in [-0.15, -0.1) is 0 Å². The third-order valence-electron chi connectivity index (χ3n) is 4.00. The molecule has 0 saturated heterocycles. The summed E-state index contributed by atoms with van der Waals surface area (Å²) in [6, 6.07) is 11.9. The van der Waals surface area contributed by atoms with Crippen molar-refractivity contribution >= 4 is 23.4 Å². The Balaban J connectivity index is 1.73. The van der Waals surface area contributed by atoms with Crippen molar-refractivity contribution < 1.29 is 4.79 Å². The zero-order valence-corrected chi connectivity index (χ0v) is 15.6. The molecule has 3 aromatic rings. The van der Waals surface area contributed by atoms with Gasteiger partial charge in [-0.05, 0) is 56.2 Å². The summed E-state index contributed by atoms with van der Waals surface area (Å²) in [6.45, 7) is 5.99. The van der Waals surface area contributed by atoms with Gasteiger partial charge in [0.05, 0.1) is 0 Å². The molecule has 0 fully saturated rings. The number of carbonyl (C=O) groups is 1. The molecule has 0 aliphatic carbocycles. The first-order valence-electron chi connectivity index (χ1n) is 8.08. The van der Waals surface area contributed by atoms with Crippen molar-refractivity contribution in [3.05, 3.63) is 71.0 Å². The number of rotatable bonds is 4. The minimum Gasteiger partial charge on any atom is -0.329 e. The molecule has 4 nitrogen and oxygen atoms in total. The second-order valence-electron chi connectivity index (χ2n) is 6.18. The molecule has 0 spiro atoms. The van der Waals surface area contributed by atoms with Crippen molar-refractivity contribution in [2.45, 2.75) is 30.8 Å². The molecule has 1 heterocycles. The predicted octanol–water partition coefficient (Wildman–Crippen LogP) is 4.75. The summed E-state index contributed by atoms with van der Waals surface area (Å²) in [7, 11) is 1.97.